The fraction of sp³-hybridized carbons (Fsp3) is 0.467. The van der Waals surface area contributed by atoms with E-state index in [1.807, 2.05) is 12.1 Å². The van der Waals surface area contributed by atoms with Crippen LogP contribution in [0.3, 0.4) is 0 Å². The molecule has 0 aromatic heterocycles. The Kier molecular flexibility index (Phi) is 3.44. The van der Waals surface area contributed by atoms with Crippen molar-refractivity contribution in [2.75, 3.05) is 19.6 Å². The fourth-order valence-electron chi connectivity index (χ4n) is 3.01. The predicted octanol–water partition coefficient (Wildman–Crippen LogP) is 0.879. The number of hydrogen-bond donors (Lipinski definition) is 2. The maximum atomic E-state index is 12.5. The monoisotopic (exact) mass is 274 g/mol. The Labute approximate surface area is 117 Å². The SMILES string of the molecule is O=C(O)CC1CN(C(=O)c2cccc3c2CCNC3)C1. The van der Waals surface area contributed by atoms with Crippen LogP contribution < -0.4 is 5.32 Å². The summed E-state index contributed by atoms with van der Waals surface area (Å²) in [5.41, 5.74) is 3.14. The molecule has 2 N–H and O–H groups in total. The summed E-state index contributed by atoms with van der Waals surface area (Å²) in [7, 11) is 0. The van der Waals surface area contributed by atoms with Gasteiger partial charge in [-0.2, -0.15) is 0 Å². The molecule has 1 saturated heterocycles. The first-order valence-corrected chi connectivity index (χ1v) is 6.97. The van der Waals surface area contributed by atoms with Crippen LogP contribution in [-0.4, -0.2) is 41.5 Å². The Morgan fingerprint density at radius 3 is 2.90 bits per heavy atom. The van der Waals surface area contributed by atoms with E-state index in [1.54, 1.807) is 4.90 Å². The first-order valence-electron chi connectivity index (χ1n) is 6.97. The van der Waals surface area contributed by atoms with E-state index in [4.69, 9.17) is 5.11 Å². The maximum Gasteiger partial charge on any atom is 0.303 e. The second-order valence-electron chi connectivity index (χ2n) is 5.54. The van der Waals surface area contributed by atoms with Crippen LogP contribution in [0.5, 0.6) is 0 Å². The molecule has 3 rings (SSSR count). The quantitative estimate of drug-likeness (QED) is 0.858. The van der Waals surface area contributed by atoms with E-state index >= 15 is 0 Å². The van der Waals surface area contributed by atoms with Crippen molar-refractivity contribution in [2.45, 2.75) is 19.4 Å². The maximum absolute atomic E-state index is 12.5. The fourth-order valence-corrected chi connectivity index (χ4v) is 3.01. The molecule has 0 unspecified atom stereocenters. The number of likely N-dealkylation sites (tertiary alicyclic amines) is 1. The lowest BCUT2D eigenvalue weighted by atomic mass is 9.91. The molecule has 1 amide bonds. The molecule has 0 radical (unpaired) electrons. The lowest BCUT2D eigenvalue weighted by Gasteiger charge is -2.39. The number of nitrogens with one attached hydrogen (secondary N) is 1. The van der Waals surface area contributed by atoms with Crippen molar-refractivity contribution >= 4 is 11.9 Å². The number of amides is 1. The summed E-state index contributed by atoms with van der Waals surface area (Å²) >= 11 is 0. The van der Waals surface area contributed by atoms with Crippen LogP contribution in [0, 0.1) is 5.92 Å². The van der Waals surface area contributed by atoms with E-state index in [-0.39, 0.29) is 18.2 Å². The molecule has 1 fully saturated rings. The van der Waals surface area contributed by atoms with Crippen LogP contribution in [0.15, 0.2) is 18.2 Å². The van der Waals surface area contributed by atoms with E-state index in [0.717, 1.165) is 30.6 Å². The molecule has 0 aliphatic carbocycles. The Morgan fingerprint density at radius 2 is 2.15 bits per heavy atom. The van der Waals surface area contributed by atoms with Crippen LogP contribution in [-0.2, 0) is 17.8 Å². The summed E-state index contributed by atoms with van der Waals surface area (Å²) in [5, 5.41) is 12.0. The third-order valence-electron chi connectivity index (χ3n) is 4.08. The Hall–Kier alpha value is -1.88. The second kappa shape index (κ2) is 5.25. The minimum Gasteiger partial charge on any atom is -0.481 e. The Bertz CT molecular complexity index is 550. The number of fused-ring (bicyclic) bond motifs is 1. The number of carboxylic acids is 1. The van der Waals surface area contributed by atoms with Gasteiger partial charge in [0.2, 0.25) is 0 Å². The lowest BCUT2D eigenvalue weighted by Crippen LogP contribution is -2.50. The first kappa shape index (κ1) is 13.1. The molecule has 1 aromatic rings. The lowest BCUT2D eigenvalue weighted by molar-refractivity contribution is -0.139. The van der Waals surface area contributed by atoms with Gasteiger partial charge in [0.15, 0.2) is 0 Å². The van der Waals surface area contributed by atoms with Gasteiger partial charge in [-0.3, -0.25) is 9.59 Å². The second-order valence-corrected chi connectivity index (χ2v) is 5.54. The molecule has 2 aliphatic heterocycles. The summed E-state index contributed by atoms with van der Waals surface area (Å²) in [4.78, 5) is 24.9. The molecule has 0 atom stereocenters. The predicted molar refractivity (Wildman–Crippen MR) is 73.5 cm³/mol. The van der Waals surface area contributed by atoms with E-state index in [9.17, 15) is 9.59 Å². The molecule has 1 aromatic carbocycles. The van der Waals surface area contributed by atoms with E-state index in [1.165, 1.54) is 5.56 Å². The zero-order valence-corrected chi connectivity index (χ0v) is 11.3. The third-order valence-corrected chi connectivity index (χ3v) is 4.08. The Morgan fingerprint density at radius 1 is 1.35 bits per heavy atom. The van der Waals surface area contributed by atoms with Crippen molar-refractivity contribution in [1.82, 2.24) is 10.2 Å². The van der Waals surface area contributed by atoms with Crippen molar-refractivity contribution in [1.29, 1.82) is 0 Å². The summed E-state index contributed by atoms with van der Waals surface area (Å²) in [5.74, 6) is -0.631. The molecule has 2 heterocycles. The zero-order chi connectivity index (χ0) is 14.1. The highest BCUT2D eigenvalue weighted by Crippen LogP contribution is 2.25. The number of carboxylic acid groups (broad SMARTS) is 1. The molecule has 106 valence electrons. The zero-order valence-electron chi connectivity index (χ0n) is 11.3. The summed E-state index contributed by atoms with van der Waals surface area (Å²) < 4.78 is 0. The van der Waals surface area contributed by atoms with Gasteiger partial charge in [0.05, 0.1) is 6.42 Å². The molecular weight excluding hydrogens is 256 g/mol. The number of aliphatic carboxylic acids is 1. The average molecular weight is 274 g/mol. The molecule has 5 heteroatoms. The van der Waals surface area contributed by atoms with Crippen molar-refractivity contribution in [2.24, 2.45) is 5.92 Å². The van der Waals surface area contributed by atoms with Gasteiger partial charge in [-0.1, -0.05) is 12.1 Å². The van der Waals surface area contributed by atoms with Crippen molar-refractivity contribution in [3.63, 3.8) is 0 Å². The molecule has 0 bridgehead atoms. The van der Waals surface area contributed by atoms with Gasteiger partial charge in [-0.25, -0.2) is 0 Å². The van der Waals surface area contributed by atoms with E-state index < -0.39 is 5.97 Å². The average Bonchev–Trinajstić information content (AvgIpc) is 2.41. The van der Waals surface area contributed by atoms with Gasteiger partial charge < -0.3 is 15.3 Å². The molecule has 2 aliphatic rings. The highest BCUT2D eigenvalue weighted by atomic mass is 16.4. The van der Waals surface area contributed by atoms with Crippen LogP contribution >= 0.6 is 0 Å². The van der Waals surface area contributed by atoms with Crippen molar-refractivity contribution in [3.8, 4) is 0 Å². The molecule has 5 nitrogen and oxygen atoms in total. The van der Waals surface area contributed by atoms with Gasteiger partial charge in [-0.15, -0.1) is 0 Å². The van der Waals surface area contributed by atoms with Gasteiger partial charge in [0.1, 0.15) is 0 Å². The Balaban J connectivity index is 1.71. The smallest absolute Gasteiger partial charge is 0.303 e. The van der Waals surface area contributed by atoms with E-state index in [0.29, 0.717) is 13.1 Å². The van der Waals surface area contributed by atoms with Crippen LogP contribution in [0.2, 0.25) is 0 Å². The number of rotatable bonds is 3. The summed E-state index contributed by atoms with van der Waals surface area (Å²) in [6, 6.07) is 5.87. The molecular formula is C15H18N2O3. The van der Waals surface area contributed by atoms with E-state index in [2.05, 4.69) is 11.4 Å². The number of hydrogen-bond acceptors (Lipinski definition) is 3. The van der Waals surface area contributed by atoms with Crippen molar-refractivity contribution < 1.29 is 14.7 Å². The summed E-state index contributed by atoms with van der Waals surface area (Å²) in [6.07, 6.45) is 1.03. The largest absolute Gasteiger partial charge is 0.481 e. The number of carbonyl (C=O) groups is 2. The highest BCUT2D eigenvalue weighted by molar-refractivity contribution is 5.96. The van der Waals surface area contributed by atoms with Crippen LogP contribution in [0.4, 0.5) is 0 Å². The van der Waals surface area contributed by atoms with Crippen LogP contribution in [0.25, 0.3) is 0 Å². The minimum absolute atomic E-state index is 0.0467. The number of nitrogens with zero attached hydrogens (tertiary/aromatic N) is 1. The van der Waals surface area contributed by atoms with Gasteiger partial charge in [0, 0.05) is 31.1 Å². The molecule has 0 spiro atoms. The first-order chi connectivity index (χ1) is 9.65. The van der Waals surface area contributed by atoms with Gasteiger partial charge in [0.25, 0.3) is 5.91 Å². The standard InChI is InChI=1S/C15H18N2O3/c18-14(19)6-10-8-17(9-10)15(20)13-3-1-2-11-7-16-5-4-12(11)13/h1-3,10,16H,4-9H2,(H,18,19). The van der Waals surface area contributed by atoms with Gasteiger partial charge in [-0.05, 0) is 30.2 Å². The normalized spacial score (nSPS) is 18.3. The third kappa shape index (κ3) is 2.41. The molecule has 0 saturated carbocycles. The van der Waals surface area contributed by atoms with Gasteiger partial charge >= 0.3 is 5.97 Å². The highest BCUT2D eigenvalue weighted by Gasteiger charge is 2.33. The minimum atomic E-state index is -0.787. The van der Waals surface area contributed by atoms with Crippen molar-refractivity contribution in [3.05, 3.63) is 34.9 Å². The number of benzene rings is 1. The summed E-state index contributed by atoms with van der Waals surface area (Å²) in [6.45, 7) is 2.84. The number of carbonyl (C=O) groups excluding carboxylic acids is 1. The molecule has 20 heavy (non-hydrogen) atoms. The van der Waals surface area contributed by atoms with Crippen LogP contribution in [0.1, 0.15) is 27.9 Å². The topological polar surface area (TPSA) is 69.6 Å².